The number of aromatic nitrogens is 1. The number of hydrazone groups is 1. The van der Waals surface area contributed by atoms with E-state index in [0.717, 1.165) is 38.1 Å². The number of methoxy groups -OCH3 is 1. The van der Waals surface area contributed by atoms with Crippen LogP contribution in [0.1, 0.15) is 33.6 Å². The lowest BCUT2D eigenvalue weighted by atomic mass is 10.2. The average molecular weight is 559 g/mol. The summed E-state index contributed by atoms with van der Waals surface area (Å²) in [5, 5.41) is 4.15. The summed E-state index contributed by atoms with van der Waals surface area (Å²) in [5.41, 5.74) is 9.55. The highest BCUT2D eigenvalue weighted by molar-refractivity contribution is 7.92. The van der Waals surface area contributed by atoms with Gasteiger partial charge in [-0.2, -0.15) is 5.10 Å². The molecule has 9 heteroatoms. The SMILES string of the molecule is COc1ccc(C)cc1N(CC(=O)N/N=C\c1cc(C)n(-c2ccc(C)cc2)c1C)S(=O)(=O)c1ccc(C)cc1. The molecule has 8 nitrogen and oxygen atoms in total. The molecule has 4 rings (SSSR count). The van der Waals surface area contributed by atoms with Crippen molar-refractivity contribution in [2.75, 3.05) is 18.0 Å². The molecule has 0 spiro atoms. The van der Waals surface area contributed by atoms with Crippen LogP contribution in [0.5, 0.6) is 5.75 Å². The zero-order valence-corrected chi connectivity index (χ0v) is 24.4. The van der Waals surface area contributed by atoms with E-state index in [9.17, 15) is 13.2 Å². The van der Waals surface area contributed by atoms with E-state index in [4.69, 9.17) is 4.74 Å². The number of carbonyl (C=O) groups is 1. The van der Waals surface area contributed by atoms with Gasteiger partial charge in [-0.25, -0.2) is 13.8 Å². The monoisotopic (exact) mass is 558 g/mol. The zero-order chi connectivity index (χ0) is 29.0. The molecule has 0 aliphatic rings. The Kier molecular flexibility index (Phi) is 8.44. The van der Waals surface area contributed by atoms with Gasteiger partial charge in [0.2, 0.25) is 0 Å². The third-order valence-electron chi connectivity index (χ3n) is 6.65. The number of hydrogen-bond donors (Lipinski definition) is 1. The van der Waals surface area contributed by atoms with E-state index in [-0.39, 0.29) is 10.6 Å². The largest absolute Gasteiger partial charge is 0.495 e. The van der Waals surface area contributed by atoms with Crippen molar-refractivity contribution in [1.29, 1.82) is 0 Å². The molecule has 1 heterocycles. The summed E-state index contributed by atoms with van der Waals surface area (Å²) in [6.45, 7) is 9.26. The quantitative estimate of drug-likeness (QED) is 0.221. The van der Waals surface area contributed by atoms with Crippen LogP contribution in [0.2, 0.25) is 0 Å². The second-order valence-corrected chi connectivity index (χ2v) is 11.7. The smallest absolute Gasteiger partial charge is 0.264 e. The number of nitrogens with one attached hydrogen (secondary N) is 1. The van der Waals surface area contributed by atoms with Gasteiger partial charge in [0.1, 0.15) is 12.3 Å². The molecule has 3 aromatic carbocycles. The third kappa shape index (κ3) is 6.10. The molecule has 0 bridgehead atoms. The van der Waals surface area contributed by atoms with Crippen molar-refractivity contribution in [3.05, 3.63) is 106 Å². The highest BCUT2D eigenvalue weighted by atomic mass is 32.2. The minimum atomic E-state index is -4.10. The molecule has 0 aliphatic heterocycles. The first kappa shape index (κ1) is 28.6. The van der Waals surface area contributed by atoms with Crippen LogP contribution >= 0.6 is 0 Å². The third-order valence-corrected chi connectivity index (χ3v) is 8.43. The van der Waals surface area contributed by atoms with Crippen LogP contribution in [0.3, 0.4) is 0 Å². The topological polar surface area (TPSA) is 93.0 Å². The fourth-order valence-electron chi connectivity index (χ4n) is 4.48. The summed E-state index contributed by atoms with van der Waals surface area (Å²) in [4.78, 5) is 13.1. The van der Waals surface area contributed by atoms with Gasteiger partial charge in [0.15, 0.2) is 0 Å². The lowest BCUT2D eigenvalue weighted by Crippen LogP contribution is -2.39. The number of rotatable bonds is 9. The molecule has 0 saturated carbocycles. The van der Waals surface area contributed by atoms with Crippen molar-refractivity contribution in [2.45, 2.75) is 39.5 Å². The van der Waals surface area contributed by atoms with Gasteiger partial charge in [0.05, 0.1) is 23.9 Å². The normalized spacial score (nSPS) is 11.6. The van der Waals surface area contributed by atoms with E-state index in [1.165, 1.54) is 24.8 Å². The molecule has 208 valence electrons. The van der Waals surface area contributed by atoms with Gasteiger partial charge < -0.3 is 9.30 Å². The van der Waals surface area contributed by atoms with Gasteiger partial charge in [-0.05, 0) is 82.6 Å². The van der Waals surface area contributed by atoms with E-state index < -0.39 is 22.5 Å². The lowest BCUT2D eigenvalue weighted by Gasteiger charge is -2.25. The molecular weight excluding hydrogens is 524 g/mol. The van der Waals surface area contributed by atoms with Crippen LogP contribution in [0.15, 0.2) is 82.8 Å². The second-order valence-electron chi connectivity index (χ2n) is 9.79. The highest BCUT2D eigenvalue weighted by Crippen LogP contribution is 2.33. The first-order valence-corrected chi connectivity index (χ1v) is 14.3. The van der Waals surface area contributed by atoms with Crippen LogP contribution in [-0.2, 0) is 14.8 Å². The number of nitrogens with zero attached hydrogens (tertiary/aromatic N) is 3. The summed E-state index contributed by atoms with van der Waals surface area (Å²) < 4.78 is 36.1. The van der Waals surface area contributed by atoms with Crippen molar-refractivity contribution in [1.82, 2.24) is 9.99 Å². The summed E-state index contributed by atoms with van der Waals surface area (Å²) in [6.07, 6.45) is 1.57. The fraction of sp³-hybridized carbons (Fsp3) is 0.226. The lowest BCUT2D eigenvalue weighted by molar-refractivity contribution is -0.119. The number of carbonyl (C=O) groups excluding carboxylic acids is 1. The Balaban J connectivity index is 1.60. The van der Waals surface area contributed by atoms with Crippen LogP contribution in [0.4, 0.5) is 5.69 Å². The molecular formula is C31H34N4O4S. The van der Waals surface area contributed by atoms with Gasteiger partial charge >= 0.3 is 0 Å². The number of amides is 1. The summed E-state index contributed by atoms with van der Waals surface area (Å²) in [5.74, 6) is -0.260. The van der Waals surface area contributed by atoms with E-state index in [0.29, 0.717) is 5.75 Å². The molecule has 4 aromatic rings. The molecule has 40 heavy (non-hydrogen) atoms. The van der Waals surface area contributed by atoms with Gasteiger partial charge in [0.25, 0.3) is 15.9 Å². The Morgan fingerprint density at radius 3 is 2.12 bits per heavy atom. The first-order chi connectivity index (χ1) is 19.0. The minimum absolute atomic E-state index is 0.0708. The fourth-order valence-corrected chi connectivity index (χ4v) is 5.90. The molecule has 0 unspecified atom stereocenters. The van der Waals surface area contributed by atoms with Crippen molar-refractivity contribution in [3.63, 3.8) is 0 Å². The molecule has 0 saturated heterocycles. The van der Waals surface area contributed by atoms with E-state index in [1.807, 2.05) is 46.8 Å². The van der Waals surface area contributed by atoms with Crippen molar-refractivity contribution >= 4 is 27.8 Å². The maximum atomic E-state index is 13.7. The molecule has 0 fully saturated rings. The number of benzene rings is 3. The number of anilines is 1. The van der Waals surface area contributed by atoms with Crippen LogP contribution < -0.4 is 14.5 Å². The minimum Gasteiger partial charge on any atom is -0.495 e. The predicted octanol–water partition coefficient (Wildman–Crippen LogP) is 5.37. The van der Waals surface area contributed by atoms with E-state index in [2.05, 4.69) is 39.4 Å². The van der Waals surface area contributed by atoms with Gasteiger partial charge in [-0.15, -0.1) is 0 Å². The van der Waals surface area contributed by atoms with Crippen LogP contribution in [0.25, 0.3) is 5.69 Å². The molecule has 1 aromatic heterocycles. The summed E-state index contributed by atoms with van der Waals surface area (Å²) in [6, 6.07) is 21.9. The van der Waals surface area contributed by atoms with Crippen molar-refractivity contribution < 1.29 is 17.9 Å². The van der Waals surface area contributed by atoms with Gasteiger partial charge in [-0.3, -0.25) is 9.10 Å². The zero-order valence-electron chi connectivity index (χ0n) is 23.6. The summed E-state index contributed by atoms with van der Waals surface area (Å²) >= 11 is 0. The van der Waals surface area contributed by atoms with E-state index in [1.54, 1.807) is 30.5 Å². The average Bonchev–Trinajstić information content (AvgIpc) is 3.20. The van der Waals surface area contributed by atoms with Gasteiger partial charge in [0, 0.05) is 22.6 Å². The Bertz CT molecular complexity index is 1650. The van der Waals surface area contributed by atoms with Gasteiger partial charge in [-0.1, -0.05) is 41.5 Å². The Morgan fingerprint density at radius 1 is 0.900 bits per heavy atom. The van der Waals surface area contributed by atoms with Crippen LogP contribution in [0, 0.1) is 34.6 Å². The highest BCUT2D eigenvalue weighted by Gasteiger charge is 2.29. The van der Waals surface area contributed by atoms with Crippen molar-refractivity contribution in [2.24, 2.45) is 5.10 Å². The van der Waals surface area contributed by atoms with E-state index >= 15 is 0 Å². The molecule has 1 N–H and O–H groups in total. The first-order valence-electron chi connectivity index (χ1n) is 12.8. The standard InChI is InChI=1S/C31H34N4O4S/c1-21-7-12-27(13-8-21)35-24(4)18-26(25(35)5)19-32-33-31(36)20-34(29-17-23(3)11-16-30(29)39-6)40(37,38)28-14-9-22(2)10-15-28/h7-19H,20H2,1-6H3,(H,33,36)/b32-19-. The predicted molar refractivity (Wildman–Crippen MR) is 159 cm³/mol. The molecule has 0 aliphatic carbocycles. The maximum Gasteiger partial charge on any atom is 0.264 e. The Hall–Kier alpha value is -4.37. The second kappa shape index (κ2) is 11.8. The molecule has 0 atom stereocenters. The number of aryl methyl sites for hydroxylation is 4. The van der Waals surface area contributed by atoms with Crippen molar-refractivity contribution in [3.8, 4) is 11.4 Å². The maximum absolute atomic E-state index is 13.7. The summed E-state index contributed by atoms with van der Waals surface area (Å²) in [7, 11) is -2.64. The van der Waals surface area contributed by atoms with Crippen LogP contribution in [-0.4, -0.2) is 38.8 Å². The number of sulfonamides is 1. The molecule has 0 radical (unpaired) electrons. The molecule has 1 amide bonds. The Morgan fingerprint density at radius 2 is 1.50 bits per heavy atom. The Labute approximate surface area is 236 Å². The number of hydrogen-bond acceptors (Lipinski definition) is 5. The number of ether oxygens (including phenoxy) is 1.